The van der Waals surface area contributed by atoms with Crippen LogP contribution >= 0.6 is 0 Å². The average Bonchev–Trinajstić information content (AvgIpc) is 2.96. The normalized spacial score (nSPS) is 15.1. The molecule has 0 aliphatic heterocycles. The molecule has 0 aliphatic rings. The monoisotopic (exact) mass is 556 g/mol. The quantitative estimate of drug-likeness (QED) is 0.106. The summed E-state index contributed by atoms with van der Waals surface area (Å²) in [5, 5.41) is 0. The molecule has 0 amide bonds. The minimum Gasteiger partial charge on any atom is -0.487 e. The molecule has 216 valence electrons. The highest BCUT2D eigenvalue weighted by Gasteiger charge is 2.33. The molecule has 0 fully saturated rings. The molecule has 0 spiro atoms. The van der Waals surface area contributed by atoms with Crippen LogP contribution in [0, 0.1) is 0 Å². The van der Waals surface area contributed by atoms with Crippen LogP contribution in [-0.4, -0.2) is 40.1 Å². The molecule has 5 nitrogen and oxygen atoms in total. The summed E-state index contributed by atoms with van der Waals surface area (Å²) in [6.07, 6.45) is 4.41. The van der Waals surface area contributed by atoms with E-state index in [1.54, 1.807) is 61.8 Å². The maximum absolute atomic E-state index is 14.8. The first-order valence-corrected chi connectivity index (χ1v) is 14.0. The van der Waals surface area contributed by atoms with Crippen molar-refractivity contribution in [2.45, 2.75) is 96.8 Å². The van der Waals surface area contributed by atoms with Gasteiger partial charge in [-0.15, -0.1) is 0 Å². The smallest absolute Gasteiger partial charge is 0.348 e. The molecule has 0 N–H and O–H groups in total. The number of ether oxygens (including phenoxy) is 2. The molecule has 1 heterocycles. The fourth-order valence-corrected chi connectivity index (χ4v) is 4.13. The van der Waals surface area contributed by atoms with Crippen molar-refractivity contribution in [3.63, 3.8) is 0 Å². The topological polar surface area (TPSA) is 61.3 Å². The first kappa shape index (κ1) is 31.1. The second kappa shape index (κ2) is 14.8. The van der Waals surface area contributed by atoms with Crippen molar-refractivity contribution in [1.29, 1.82) is 0 Å². The Hall–Kier alpha value is -3.42. The number of nitrogens with zero attached hydrogens (tertiary/aromatic N) is 2. The van der Waals surface area contributed by atoms with Gasteiger partial charge in [0.1, 0.15) is 23.8 Å². The number of hydrogen-bond acceptors (Lipinski definition) is 5. The zero-order valence-corrected chi connectivity index (χ0v) is 23.7. The summed E-state index contributed by atoms with van der Waals surface area (Å²) in [5.74, 6) is 0.0887. The Balaban J connectivity index is 1.74. The maximum Gasteiger partial charge on any atom is 0.348 e. The van der Waals surface area contributed by atoms with Gasteiger partial charge >= 0.3 is 5.97 Å². The minimum absolute atomic E-state index is 0.0187. The van der Waals surface area contributed by atoms with E-state index >= 15 is 0 Å². The fraction of sp³-hybridized carbons (Fsp3) is 0.469. The molecule has 8 heteroatoms. The first-order chi connectivity index (χ1) is 19.2. The number of alkyl halides is 3. The SMILES string of the molecule is CCCCCCCC(Oc1ccccc1-c1ncc(-c2ccc(OC(=O)C(C)(F)CC)cc2)cn1)C(F)C(C)F. The maximum atomic E-state index is 14.8. The number of benzene rings is 2. The van der Waals surface area contributed by atoms with Crippen LogP contribution in [0.3, 0.4) is 0 Å². The predicted molar refractivity (Wildman–Crippen MR) is 152 cm³/mol. The van der Waals surface area contributed by atoms with Gasteiger partial charge < -0.3 is 9.47 Å². The van der Waals surface area contributed by atoms with E-state index in [2.05, 4.69) is 16.9 Å². The van der Waals surface area contributed by atoms with Crippen molar-refractivity contribution in [2.24, 2.45) is 0 Å². The first-order valence-electron chi connectivity index (χ1n) is 14.0. The van der Waals surface area contributed by atoms with Crippen LogP contribution in [0.25, 0.3) is 22.5 Å². The van der Waals surface area contributed by atoms with Gasteiger partial charge in [0, 0.05) is 18.0 Å². The van der Waals surface area contributed by atoms with Crippen molar-refractivity contribution in [2.75, 3.05) is 0 Å². The van der Waals surface area contributed by atoms with Gasteiger partial charge in [0.2, 0.25) is 5.67 Å². The predicted octanol–water partition coefficient (Wildman–Crippen LogP) is 8.66. The zero-order valence-electron chi connectivity index (χ0n) is 23.7. The van der Waals surface area contributed by atoms with Crippen LogP contribution in [0.1, 0.15) is 72.6 Å². The van der Waals surface area contributed by atoms with Crippen LogP contribution in [0.5, 0.6) is 11.5 Å². The van der Waals surface area contributed by atoms with E-state index in [4.69, 9.17) is 9.47 Å². The second-order valence-electron chi connectivity index (χ2n) is 10.2. The Kier molecular flexibility index (Phi) is 11.5. The summed E-state index contributed by atoms with van der Waals surface area (Å²) in [4.78, 5) is 21.0. The van der Waals surface area contributed by atoms with Gasteiger partial charge in [0.15, 0.2) is 12.0 Å². The number of aromatic nitrogens is 2. The van der Waals surface area contributed by atoms with E-state index in [-0.39, 0.29) is 12.2 Å². The Morgan fingerprint density at radius 1 is 0.925 bits per heavy atom. The van der Waals surface area contributed by atoms with E-state index in [9.17, 15) is 18.0 Å². The number of esters is 1. The summed E-state index contributed by atoms with van der Waals surface area (Å²) < 4.78 is 54.1. The second-order valence-corrected chi connectivity index (χ2v) is 10.2. The van der Waals surface area contributed by atoms with Gasteiger partial charge in [-0.25, -0.2) is 27.9 Å². The highest BCUT2D eigenvalue weighted by molar-refractivity contribution is 5.81. The number of rotatable bonds is 15. The molecule has 4 atom stereocenters. The Morgan fingerprint density at radius 2 is 1.57 bits per heavy atom. The van der Waals surface area contributed by atoms with Crippen LogP contribution in [0.2, 0.25) is 0 Å². The molecule has 3 rings (SSSR count). The third-order valence-electron chi connectivity index (χ3n) is 6.93. The number of hydrogen-bond donors (Lipinski definition) is 0. The number of carbonyl (C=O) groups excluding carboxylic acids is 1. The highest BCUT2D eigenvalue weighted by Crippen LogP contribution is 2.32. The lowest BCUT2D eigenvalue weighted by Gasteiger charge is -2.24. The summed E-state index contributed by atoms with van der Waals surface area (Å²) in [6, 6.07) is 13.7. The lowest BCUT2D eigenvalue weighted by Crippen LogP contribution is -2.34. The van der Waals surface area contributed by atoms with Crippen molar-refractivity contribution in [3.05, 3.63) is 60.9 Å². The van der Waals surface area contributed by atoms with E-state index in [0.29, 0.717) is 29.1 Å². The summed E-state index contributed by atoms with van der Waals surface area (Å²) in [5.41, 5.74) is 0.0153. The lowest BCUT2D eigenvalue weighted by molar-refractivity contribution is -0.146. The molecular weight excluding hydrogens is 517 g/mol. The molecule has 40 heavy (non-hydrogen) atoms. The number of halogens is 3. The van der Waals surface area contributed by atoms with Crippen LogP contribution < -0.4 is 9.47 Å². The molecule has 0 radical (unpaired) electrons. The van der Waals surface area contributed by atoms with E-state index in [0.717, 1.165) is 37.7 Å². The third kappa shape index (κ3) is 8.54. The van der Waals surface area contributed by atoms with Crippen LogP contribution in [0.15, 0.2) is 60.9 Å². The third-order valence-corrected chi connectivity index (χ3v) is 6.93. The van der Waals surface area contributed by atoms with Gasteiger partial charge in [-0.1, -0.05) is 63.8 Å². The molecule has 2 aromatic carbocycles. The van der Waals surface area contributed by atoms with E-state index < -0.39 is 30.1 Å². The molecular formula is C32H39F3N2O3. The largest absolute Gasteiger partial charge is 0.487 e. The number of carbonyl (C=O) groups is 1. The minimum atomic E-state index is -2.05. The summed E-state index contributed by atoms with van der Waals surface area (Å²) in [6.45, 7) is 6.12. The summed E-state index contributed by atoms with van der Waals surface area (Å²) >= 11 is 0. The molecule has 0 saturated carbocycles. The lowest BCUT2D eigenvalue weighted by atomic mass is 10.0. The van der Waals surface area contributed by atoms with Gasteiger partial charge in [-0.05, 0) is 62.9 Å². The standard InChI is InChI=1S/C32H39F3N2O3/c1-5-7-8-9-10-15-28(29(34)22(3)33)40-27-14-12-11-13-26(27)30-36-20-24(21-37-30)23-16-18-25(19-17-23)39-31(38)32(4,35)6-2/h11-14,16-22,28-29H,5-10,15H2,1-4H3. The Labute approximate surface area is 235 Å². The zero-order chi connectivity index (χ0) is 29.1. The van der Waals surface area contributed by atoms with Crippen molar-refractivity contribution in [3.8, 4) is 34.0 Å². The van der Waals surface area contributed by atoms with Crippen molar-refractivity contribution < 1.29 is 27.4 Å². The number of unbranched alkanes of at least 4 members (excludes halogenated alkanes) is 4. The number of para-hydroxylation sites is 1. The fourth-order valence-electron chi connectivity index (χ4n) is 4.13. The molecule has 3 aromatic rings. The van der Waals surface area contributed by atoms with E-state index in [1.807, 2.05) is 6.07 Å². The van der Waals surface area contributed by atoms with Gasteiger partial charge in [0.05, 0.1) is 5.56 Å². The molecule has 0 aliphatic carbocycles. The van der Waals surface area contributed by atoms with Gasteiger partial charge in [-0.2, -0.15) is 0 Å². The summed E-state index contributed by atoms with van der Waals surface area (Å²) in [7, 11) is 0. The average molecular weight is 557 g/mol. The van der Waals surface area contributed by atoms with Crippen LogP contribution in [-0.2, 0) is 4.79 Å². The van der Waals surface area contributed by atoms with E-state index in [1.165, 1.54) is 13.8 Å². The Bertz CT molecular complexity index is 1200. The Morgan fingerprint density at radius 3 is 2.20 bits per heavy atom. The van der Waals surface area contributed by atoms with Crippen molar-refractivity contribution >= 4 is 5.97 Å². The van der Waals surface area contributed by atoms with Gasteiger partial charge in [-0.3, -0.25) is 0 Å². The molecule has 0 saturated heterocycles. The molecule has 0 bridgehead atoms. The highest BCUT2D eigenvalue weighted by atomic mass is 19.2. The van der Waals surface area contributed by atoms with Crippen molar-refractivity contribution in [1.82, 2.24) is 9.97 Å². The molecule has 4 unspecified atom stereocenters. The van der Waals surface area contributed by atoms with Crippen LogP contribution in [0.4, 0.5) is 13.2 Å². The van der Waals surface area contributed by atoms with Gasteiger partial charge in [0.25, 0.3) is 0 Å². The molecule has 1 aromatic heterocycles.